The summed E-state index contributed by atoms with van der Waals surface area (Å²) in [5.74, 6) is -1.26. The fraction of sp³-hybridized carbons (Fsp3) is 0.250. The molecule has 1 unspecified atom stereocenters. The van der Waals surface area contributed by atoms with Crippen molar-refractivity contribution in [1.82, 2.24) is 10.2 Å². The van der Waals surface area contributed by atoms with E-state index in [4.69, 9.17) is 0 Å². The van der Waals surface area contributed by atoms with Gasteiger partial charge in [-0.3, -0.25) is 9.69 Å². The van der Waals surface area contributed by atoms with E-state index in [-0.39, 0.29) is 6.54 Å². The van der Waals surface area contributed by atoms with Gasteiger partial charge in [-0.05, 0) is 41.8 Å². The maximum Gasteiger partial charge on any atom is 0.337 e. The molecule has 1 saturated heterocycles. The van der Waals surface area contributed by atoms with Crippen LogP contribution in [0, 0.1) is 5.82 Å². The van der Waals surface area contributed by atoms with E-state index in [1.807, 2.05) is 0 Å². The Kier molecular flexibility index (Phi) is 4.94. The van der Waals surface area contributed by atoms with E-state index in [2.05, 4.69) is 10.1 Å². The minimum atomic E-state index is -1.21. The molecule has 7 heteroatoms. The number of urea groups is 1. The molecule has 0 saturated carbocycles. The van der Waals surface area contributed by atoms with E-state index in [0.29, 0.717) is 23.1 Å². The van der Waals surface area contributed by atoms with Crippen LogP contribution in [0.1, 0.15) is 34.8 Å². The Balaban J connectivity index is 1.85. The Morgan fingerprint density at radius 1 is 1.11 bits per heavy atom. The van der Waals surface area contributed by atoms with Gasteiger partial charge in [0.25, 0.3) is 5.91 Å². The molecule has 1 aliphatic rings. The zero-order chi connectivity index (χ0) is 19.6. The number of hydrogen-bond acceptors (Lipinski definition) is 4. The van der Waals surface area contributed by atoms with Gasteiger partial charge >= 0.3 is 12.0 Å². The topological polar surface area (TPSA) is 75.7 Å². The molecule has 1 N–H and O–H groups in total. The first-order chi connectivity index (χ1) is 12.9. The van der Waals surface area contributed by atoms with Crippen molar-refractivity contribution >= 4 is 17.9 Å². The standard InChI is InChI=1S/C20H19FN2O4/c1-3-20(15-8-10-16(21)11-9-15)18(25)23(19(26)22-20)12-13-4-6-14(7-5-13)17(24)27-2/h4-11H,3,12H2,1-2H3,(H,22,26). The van der Waals surface area contributed by atoms with E-state index in [9.17, 15) is 18.8 Å². The number of esters is 1. The molecule has 0 spiro atoms. The summed E-state index contributed by atoms with van der Waals surface area (Å²) in [5, 5.41) is 2.75. The molecular formula is C20H19FN2O4. The third-order valence-corrected chi connectivity index (χ3v) is 4.76. The number of methoxy groups -OCH3 is 1. The van der Waals surface area contributed by atoms with E-state index in [1.165, 1.54) is 31.4 Å². The molecule has 1 fully saturated rings. The van der Waals surface area contributed by atoms with Crippen LogP contribution in [-0.2, 0) is 21.6 Å². The third-order valence-electron chi connectivity index (χ3n) is 4.76. The lowest BCUT2D eigenvalue weighted by Crippen LogP contribution is -2.43. The Morgan fingerprint density at radius 2 is 1.74 bits per heavy atom. The van der Waals surface area contributed by atoms with Crippen molar-refractivity contribution in [3.05, 3.63) is 71.0 Å². The highest BCUT2D eigenvalue weighted by Crippen LogP contribution is 2.33. The molecule has 0 bridgehead atoms. The summed E-state index contributed by atoms with van der Waals surface area (Å²) < 4.78 is 17.9. The van der Waals surface area contributed by atoms with Crippen LogP contribution in [0.15, 0.2) is 48.5 Å². The second-order valence-electron chi connectivity index (χ2n) is 6.28. The number of carbonyl (C=O) groups excluding carboxylic acids is 3. The van der Waals surface area contributed by atoms with Gasteiger partial charge in [0.15, 0.2) is 0 Å². The summed E-state index contributed by atoms with van der Waals surface area (Å²) in [5.41, 5.74) is 0.398. The zero-order valence-corrected chi connectivity index (χ0v) is 15.0. The van der Waals surface area contributed by atoms with Gasteiger partial charge in [0.1, 0.15) is 11.4 Å². The second-order valence-corrected chi connectivity index (χ2v) is 6.28. The smallest absolute Gasteiger partial charge is 0.337 e. The van der Waals surface area contributed by atoms with Gasteiger partial charge in [0.05, 0.1) is 19.2 Å². The number of amides is 3. The zero-order valence-electron chi connectivity index (χ0n) is 15.0. The molecule has 6 nitrogen and oxygen atoms in total. The van der Waals surface area contributed by atoms with Gasteiger partial charge in [0.2, 0.25) is 0 Å². The average molecular weight is 370 g/mol. The summed E-state index contributed by atoms with van der Waals surface area (Å²) in [7, 11) is 1.29. The van der Waals surface area contributed by atoms with Crippen LogP contribution in [0.3, 0.4) is 0 Å². The van der Waals surface area contributed by atoms with Gasteiger partial charge < -0.3 is 10.1 Å². The molecule has 27 heavy (non-hydrogen) atoms. The first-order valence-corrected chi connectivity index (χ1v) is 8.48. The number of nitrogens with zero attached hydrogens (tertiary/aromatic N) is 1. The van der Waals surface area contributed by atoms with Crippen LogP contribution in [0.2, 0.25) is 0 Å². The van der Waals surface area contributed by atoms with Crippen molar-refractivity contribution in [2.45, 2.75) is 25.4 Å². The summed E-state index contributed by atoms with van der Waals surface area (Å²) in [4.78, 5) is 38.2. The predicted molar refractivity (Wildman–Crippen MR) is 95.2 cm³/mol. The van der Waals surface area contributed by atoms with Gasteiger partial charge in [-0.1, -0.05) is 31.2 Å². The van der Waals surface area contributed by atoms with Crippen molar-refractivity contribution < 1.29 is 23.5 Å². The quantitative estimate of drug-likeness (QED) is 0.649. The predicted octanol–water partition coefficient (Wildman–Crippen LogP) is 2.97. The molecular weight excluding hydrogens is 351 g/mol. The lowest BCUT2D eigenvalue weighted by molar-refractivity contribution is -0.132. The molecule has 0 radical (unpaired) electrons. The van der Waals surface area contributed by atoms with Crippen molar-refractivity contribution in [3.63, 3.8) is 0 Å². The van der Waals surface area contributed by atoms with Crippen molar-refractivity contribution in [2.75, 3.05) is 7.11 Å². The molecule has 2 aromatic carbocycles. The molecule has 0 aliphatic carbocycles. The molecule has 3 rings (SSSR count). The summed E-state index contributed by atoms with van der Waals surface area (Å²) >= 11 is 0. The minimum absolute atomic E-state index is 0.0645. The third kappa shape index (κ3) is 3.28. The lowest BCUT2D eigenvalue weighted by atomic mass is 9.87. The van der Waals surface area contributed by atoms with E-state index in [0.717, 1.165) is 4.90 Å². The number of hydrogen-bond donors (Lipinski definition) is 1. The van der Waals surface area contributed by atoms with Gasteiger partial charge in [-0.25, -0.2) is 14.0 Å². The molecule has 3 amide bonds. The second kappa shape index (κ2) is 7.19. The van der Waals surface area contributed by atoms with Gasteiger partial charge in [0, 0.05) is 0 Å². The number of nitrogens with one attached hydrogen (secondary N) is 1. The highest BCUT2D eigenvalue weighted by atomic mass is 19.1. The number of ether oxygens (including phenoxy) is 1. The number of imide groups is 1. The SMILES string of the molecule is CCC1(c2ccc(F)cc2)NC(=O)N(Cc2ccc(C(=O)OC)cc2)C1=O. The average Bonchev–Trinajstić information content (AvgIpc) is 2.93. The highest BCUT2D eigenvalue weighted by Gasteiger charge is 2.51. The van der Waals surface area contributed by atoms with Crippen molar-refractivity contribution in [1.29, 1.82) is 0 Å². The normalized spacial score (nSPS) is 19.1. The van der Waals surface area contributed by atoms with Crippen LogP contribution < -0.4 is 5.32 Å². The minimum Gasteiger partial charge on any atom is -0.465 e. The van der Waals surface area contributed by atoms with Crippen LogP contribution in [0.4, 0.5) is 9.18 Å². The maximum atomic E-state index is 13.2. The number of halogens is 1. The number of carbonyl (C=O) groups is 3. The first kappa shape index (κ1) is 18.6. The molecule has 2 aromatic rings. The molecule has 0 aromatic heterocycles. The monoisotopic (exact) mass is 370 g/mol. The maximum absolute atomic E-state index is 13.2. The molecule has 1 aliphatic heterocycles. The summed E-state index contributed by atoms with van der Waals surface area (Å²) in [6.45, 7) is 1.85. The van der Waals surface area contributed by atoms with Crippen molar-refractivity contribution in [2.24, 2.45) is 0 Å². The Hall–Kier alpha value is -3.22. The summed E-state index contributed by atoms with van der Waals surface area (Å²) in [6, 6.07) is 11.5. The first-order valence-electron chi connectivity index (χ1n) is 8.48. The van der Waals surface area contributed by atoms with Crippen LogP contribution in [0.5, 0.6) is 0 Å². The van der Waals surface area contributed by atoms with Crippen LogP contribution in [0.25, 0.3) is 0 Å². The molecule has 140 valence electrons. The Labute approximate surface area is 155 Å². The fourth-order valence-corrected chi connectivity index (χ4v) is 3.19. The van der Waals surface area contributed by atoms with E-state index in [1.54, 1.807) is 31.2 Å². The highest BCUT2D eigenvalue weighted by molar-refractivity contribution is 6.07. The van der Waals surface area contributed by atoms with E-state index >= 15 is 0 Å². The Bertz CT molecular complexity index is 880. The molecule has 1 atom stereocenters. The Morgan fingerprint density at radius 3 is 2.30 bits per heavy atom. The number of rotatable bonds is 5. The van der Waals surface area contributed by atoms with Crippen molar-refractivity contribution in [3.8, 4) is 0 Å². The van der Waals surface area contributed by atoms with Gasteiger partial charge in [-0.2, -0.15) is 0 Å². The lowest BCUT2D eigenvalue weighted by Gasteiger charge is -2.25. The van der Waals surface area contributed by atoms with Crippen LogP contribution >= 0.6 is 0 Å². The van der Waals surface area contributed by atoms with Crippen LogP contribution in [-0.4, -0.2) is 29.9 Å². The molecule has 1 heterocycles. The largest absolute Gasteiger partial charge is 0.465 e. The fourth-order valence-electron chi connectivity index (χ4n) is 3.19. The van der Waals surface area contributed by atoms with E-state index < -0.39 is 29.3 Å². The number of benzene rings is 2. The summed E-state index contributed by atoms with van der Waals surface area (Å²) in [6.07, 6.45) is 0.334. The van der Waals surface area contributed by atoms with Gasteiger partial charge in [-0.15, -0.1) is 0 Å².